The fourth-order valence-electron chi connectivity index (χ4n) is 6.02. The first-order valence-corrected chi connectivity index (χ1v) is 12.0. The number of likely N-dealkylation sites (tertiary alicyclic amines) is 1. The van der Waals surface area contributed by atoms with Crippen LogP contribution in [0.1, 0.15) is 48.0 Å². The van der Waals surface area contributed by atoms with Crippen LogP contribution in [-0.4, -0.2) is 54.8 Å². The summed E-state index contributed by atoms with van der Waals surface area (Å²) < 4.78 is 5.54. The summed E-state index contributed by atoms with van der Waals surface area (Å²) in [6.45, 7) is 3.12. The summed E-state index contributed by atoms with van der Waals surface area (Å²) in [5.41, 5.74) is 1.73. The molecule has 5 rings (SSSR count). The number of hydrogen-bond acceptors (Lipinski definition) is 4. The van der Waals surface area contributed by atoms with Crippen LogP contribution in [0.5, 0.6) is 5.75 Å². The van der Waals surface area contributed by atoms with Crippen molar-refractivity contribution >= 4 is 5.91 Å². The standard InChI is InChI=1S/C27H34N2O3/c1-32-23-9-5-8-21(14-23)27-12-13-29(17-19-10-11-19)18-24(27)25(30)15-22(16-27)28-26(31)20-6-3-2-4-7-20/h2-9,14,19,22,24-25,30H,10-13,15-18H2,1H3,(H,28,31)/t22-,24+,25?,27+/m1/s1. The summed E-state index contributed by atoms with van der Waals surface area (Å²) >= 11 is 0. The molecule has 1 aliphatic heterocycles. The van der Waals surface area contributed by atoms with Crippen molar-refractivity contribution in [2.24, 2.45) is 11.8 Å². The van der Waals surface area contributed by atoms with E-state index in [2.05, 4.69) is 28.4 Å². The quantitative estimate of drug-likeness (QED) is 0.729. The zero-order valence-corrected chi connectivity index (χ0v) is 18.9. The van der Waals surface area contributed by atoms with E-state index in [9.17, 15) is 9.90 Å². The molecule has 2 aromatic carbocycles. The van der Waals surface area contributed by atoms with E-state index in [1.807, 2.05) is 36.4 Å². The van der Waals surface area contributed by atoms with E-state index in [0.717, 1.165) is 44.1 Å². The van der Waals surface area contributed by atoms with Gasteiger partial charge in [-0.3, -0.25) is 4.79 Å². The third-order valence-corrected chi connectivity index (χ3v) is 7.87. The maximum atomic E-state index is 12.9. The lowest BCUT2D eigenvalue weighted by atomic mass is 9.57. The lowest BCUT2D eigenvalue weighted by Gasteiger charge is -2.55. The van der Waals surface area contributed by atoms with Crippen LogP contribution in [0.15, 0.2) is 54.6 Å². The van der Waals surface area contributed by atoms with E-state index in [1.165, 1.54) is 18.4 Å². The van der Waals surface area contributed by atoms with Crippen molar-refractivity contribution in [3.05, 3.63) is 65.7 Å². The maximum absolute atomic E-state index is 12.9. The fraction of sp³-hybridized carbons (Fsp3) is 0.519. The van der Waals surface area contributed by atoms with Gasteiger partial charge in [-0.2, -0.15) is 0 Å². The van der Waals surface area contributed by atoms with Crippen LogP contribution in [0, 0.1) is 11.8 Å². The highest BCUT2D eigenvalue weighted by Gasteiger charge is 2.52. The van der Waals surface area contributed by atoms with Gasteiger partial charge >= 0.3 is 0 Å². The number of fused-ring (bicyclic) bond motifs is 1. The predicted octanol–water partition coefficient (Wildman–Crippen LogP) is 3.62. The molecular formula is C27H34N2O3. The van der Waals surface area contributed by atoms with Crippen molar-refractivity contribution in [2.45, 2.75) is 49.7 Å². The summed E-state index contributed by atoms with van der Waals surface area (Å²) in [5, 5.41) is 14.6. The van der Waals surface area contributed by atoms with Crippen molar-refractivity contribution in [2.75, 3.05) is 26.7 Å². The summed E-state index contributed by atoms with van der Waals surface area (Å²) in [7, 11) is 1.70. The molecule has 0 radical (unpaired) electrons. The Morgan fingerprint density at radius 2 is 2.00 bits per heavy atom. The van der Waals surface area contributed by atoms with E-state index in [1.54, 1.807) is 7.11 Å². The Bertz CT molecular complexity index is 945. The molecule has 2 aromatic rings. The molecule has 1 saturated heterocycles. The molecule has 2 N–H and O–H groups in total. The molecule has 32 heavy (non-hydrogen) atoms. The highest BCUT2D eigenvalue weighted by molar-refractivity contribution is 5.94. The van der Waals surface area contributed by atoms with Gasteiger partial charge in [0, 0.05) is 36.0 Å². The minimum Gasteiger partial charge on any atom is -0.497 e. The number of aliphatic hydroxyl groups is 1. The normalized spacial score (nSPS) is 30.4. The number of ether oxygens (including phenoxy) is 1. The number of aliphatic hydroxyl groups excluding tert-OH is 1. The first kappa shape index (κ1) is 21.5. The Labute approximate surface area is 190 Å². The van der Waals surface area contributed by atoms with Crippen molar-refractivity contribution < 1.29 is 14.6 Å². The maximum Gasteiger partial charge on any atom is 0.251 e. The molecule has 170 valence electrons. The average Bonchev–Trinajstić information content (AvgIpc) is 3.64. The van der Waals surface area contributed by atoms with Crippen LogP contribution in [0.2, 0.25) is 0 Å². The topological polar surface area (TPSA) is 61.8 Å². The minimum atomic E-state index is -0.446. The lowest BCUT2D eigenvalue weighted by molar-refractivity contribution is -0.0482. The molecule has 1 unspecified atom stereocenters. The Morgan fingerprint density at radius 3 is 2.75 bits per heavy atom. The molecule has 2 aliphatic carbocycles. The third kappa shape index (κ3) is 4.28. The number of methoxy groups -OCH3 is 1. The SMILES string of the molecule is COc1cccc([C@@]23CCN(CC4CC4)C[C@H]2C(O)C[C@@H](NC(=O)c2ccccc2)C3)c1. The second-order valence-corrected chi connectivity index (χ2v) is 9.99. The minimum absolute atomic E-state index is 0.0601. The Kier molecular flexibility index (Phi) is 5.95. The van der Waals surface area contributed by atoms with E-state index >= 15 is 0 Å². The molecule has 3 aliphatic rings. The van der Waals surface area contributed by atoms with Crippen LogP contribution in [0.25, 0.3) is 0 Å². The van der Waals surface area contributed by atoms with Gasteiger partial charge in [-0.05, 0) is 74.4 Å². The number of hydrogen-bond donors (Lipinski definition) is 2. The molecule has 4 atom stereocenters. The van der Waals surface area contributed by atoms with Gasteiger partial charge in [-0.15, -0.1) is 0 Å². The average molecular weight is 435 g/mol. The van der Waals surface area contributed by atoms with E-state index in [4.69, 9.17) is 4.74 Å². The number of benzene rings is 2. The Balaban J connectivity index is 1.42. The summed E-state index contributed by atoms with van der Waals surface area (Å²) in [5.74, 6) is 1.79. The van der Waals surface area contributed by atoms with Gasteiger partial charge in [-0.1, -0.05) is 30.3 Å². The van der Waals surface area contributed by atoms with Gasteiger partial charge in [0.05, 0.1) is 13.2 Å². The highest BCUT2D eigenvalue weighted by Crippen LogP contribution is 2.50. The Morgan fingerprint density at radius 1 is 1.19 bits per heavy atom. The van der Waals surface area contributed by atoms with E-state index in [-0.39, 0.29) is 23.3 Å². The largest absolute Gasteiger partial charge is 0.497 e. The molecule has 5 heteroatoms. The molecule has 2 saturated carbocycles. The van der Waals surface area contributed by atoms with Crippen molar-refractivity contribution in [3.63, 3.8) is 0 Å². The van der Waals surface area contributed by atoms with Gasteiger partial charge in [-0.25, -0.2) is 0 Å². The Hall–Kier alpha value is -2.37. The van der Waals surface area contributed by atoms with Crippen molar-refractivity contribution in [3.8, 4) is 5.75 Å². The molecule has 0 spiro atoms. The number of piperidine rings is 1. The molecular weight excluding hydrogens is 400 g/mol. The number of nitrogens with zero attached hydrogens (tertiary/aromatic N) is 1. The number of rotatable bonds is 6. The highest BCUT2D eigenvalue weighted by atomic mass is 16.5. The summed E-state index contributed by atoms with van der Waals surface area (Å²) in [4.78, 5) is 15.4. The van der Waals surface area contributed by atoms with Gasteiger partial charge in [0.15, 0.2) is 0 Å². The lowest BCUT2D eigenvalue weighted by Crippen LogP contribution is -2.61. The second-order valence-electron chi connectivity index (χ2n) is 9.99. The van der Waals surface area contributed by atoms with Crippen molar-refractivity contribution in [1.82, 2.24) is 10.2 Å². The van der Waals surface area contributed by atoms with Crippen LogP contribution in [-0.2, 0) is 5.41 Å². The number of nitrogens with one attached hydrogen (secondary N) is 1. The third-order valence-electron chi connectivity index (χ3n) is 7.87. The second kappa shape index (κ2) is 8.87. The first-order valence-electron chi connectivity index (χ1n) is 12.0. The molecule has 5 nitrogen and oxygen atoms in total. The number of amides is 1. The smallest absolute Gasteiger partial charge is 0.251 e. The van der Waals surface area contributed by atoms with Crippen molar-refractivity contribution in [1.29, 1.82) is 0 Å². The molecule has 0 bridgehead atoms. The van der Waals surface area contributed by atoms with E-state index < -0.39 is 6.10 Å². The predicted molar refractivity (Wildman–Crippen MR) is 125 cm³/mol. The molecule has 1 amide bonds. The summed E-state index contributed by atoms with van der Waals surface area (Å²) in [6, 6.07) is 17.6. The van der Waals surface area contributed by atoms with Crippen LogP contribution >= 0.6 is 0 Å². The summed E-state index contributed by atoms with van der Waals surface area (Å²) in [6.07, 6.45) is 4.69. The van der Waals surface area contributed by atoms with Crippen LogP contribution in [0.4, 0.5) is 0 Å². The fourth-order valence-corrected chi connectivity index (χ4v) is 6.02. The molecule has 3 fully saturated rings. The van der Waals surface area contributed by atoms with Crippen LogP contribution < -0.4 is 10.1 Å². The van der Waals surface area contributed by atoms with E-state index in [0.29, 0.717) is 12.0 Å². The molecule has 1 heterocycles. The zero-order chi connectivity index (χ0) is 22.1. The van der Waals surface area contributed by atoms with Gasteiger partial charge < -0.3 is 20.1 Å². The first-order chi connectivity index (χ1) is 15.6. The number of carbonyl (C=O) groups excluding carboxylic acids is 1. The zero-order valence-electron chi connectivity index (χ0n) is 18.9. The van der Waals surface area contributed by atoms with Gasteiger partial charge in [0.1, 0.15) is 5.75 Å². The van der Waals surface area contributed by atoms with Gasteiger partial charge in [0.2, 0.25) is 0 Å². The molecule has 0 aromatic heterocycles. The van der Waals surface area contributed by atoms with Gasteiger partial charge in [0.25, 0.3) is 5.91 Å². The number of carbonyl (C=O) groups is 1. The monoisotopic (exact) mass is 434 g/mol. The van der Waals surface area contributed by atoms with Crippen LogP contribution in [0.3, 0.4) is 0 Å².